The van der Waals surface area contributed by atoms with Gasteiger partial charge in [-0.25, -0.2) is 4.39 Å². The highest BCUT2D eigenvalue weighted by atomic mass is 19.1. The van der Waals surface area contributed by atoms with Crippen LogP contribution in [0.1, 0.15) is 78.0 Å². The molecule has 1 heterocycles. The van der Waals surface area contributed by atoms with E-state index >= 15 is 4.39 Å². The Morgan fingerprint density at radius 3 is 2.32 bits per heavy atom. The van der Waals surface area contributed by atoms with Crippen LogP contribution in [0.25, 0.3) is 0 Å². The number of fused-ring (bicyclic) bond motifs is 1. The predicted octanol–water partition coefficient (Wildman–Crippen LogP) is 8.18. The van der Waals surface area contributed by atoms with Crippen molar-refractivity contribution in [1.29, 1.82) is 0 Å². The monoisotopic (exact) mass is 606 g/mol. The van der Waals surface area contributed by atoms with E-state index in [9.17, 15) is 9.90 Å². The largest absolute Gasteiger partial charge is 0.506 e. The van der Waals surface area contributed by atoms with Gasteiger partial charge in [0, 0.05) is 30.9 Å². The number of ether oxygens (including phenoxy) is 1. The van der Waals surface area contributed by atoms with Crippen LogP contribution in [0.2, 0.25) is 0 Å². The average molecular weight is 607 g/mol. The van der Waals surface area contributed by atoms with E-state index in [0.717, 1.165) is 30.4 Å². The number of carbonyl (C=O) groups excluding carboxylic acids is 2. The lowest BCUT2D eigenvalue weighted by molar-refractivity contribution is -0.119. The summed E-state index contributed by atoms with van der Waals surface area (Å²) in [7, 11) is 1.00. The number of aliphatic hydroxyl groups excluding tert-OH is 1. The minimum atomic E-state index is -0.701. The number of hydrogen-bond donors (Lipinski definition) is 3. The predicted molar refractivity (Wildman–Crippen MR) is 175 cm³/mol. The highest BCUT2D eigenvalue weighted by molar-refractivity contribution is 6.00. The van der Waals surface area contributed by atoms with Crippen molar-refractivity contribution < 1.29 is 28.9 Å². The van der Waals surface area contributed by atoms with Crippen LogP contribution in [0, 0.1) is 17.2 Å². The highest BCUT2D eigenvalue weighted by Gasteiger charge is 2.37. The number of carbonyl (C=O) groups is 2. The molecule has 3 aromatic carbocycles. The first-order valence-electron chi connectivity index (χ1n) is 14.8. The van der Waals surface area contributed by atoms with Gasteiger partial charge in [0.15, 0.2) is 0 Å². The van der Waals surface area contributed by atoms with E-state index in [2.05, 4.69) is 26.1 Å². The molecule has 0 bridgehead atoms. The Kier molecular flexibility index (Phi) is 13.6. The maximum atomic E-state index is 16.0. The van der Waals surface area contributed by atoms with Crippen molar-refractivity contribution in [2.24, 2.45) is 11.3 Å². The van der Waals surface area contributed by atoms with E-state index in [1.54, 1.807) is 29.2 Å². The molecule has 0 saturated carbocycles. The number of rotatable bonds is 9. The third kappa shape index (κ3) is 8.92. The first-order valence-corrected chi connectivity index (χ1v) is 14.8. The average Bonchev–Trinajstić information content (AvgIpc) is 3.13. The molecule has 3 aromatic rings. The zero-order chi connectivity index (χ0) is 33.0. The Balaban J connectivity index is 0.00000162. The van der Waals surface area contributed by atoms with Crippen molar-refractivity contribution >= 4 is 24.1 Å². The lowest BCUT2D eigenvalue weighted by atomic mass is 9.83. The number of amides is 1. The molecule has 1 unspecified atom stereocenters. The fraction of sp³-hybridized carbons (Fsp3) is 0.389. The summed E-state index contributed by atoms with van der Waals surface area (Å²) in [5.74, 6) is -0.0107. The second-order valence-electron chi connectivity index (χ2n) is 11.9. The van der Waals surface area contributed by atoms with Crippen LogP contribution < -0.4 is 15.0 Å². The Morgan fingerprint density at radius 1 is 1.07 bits per heavy atom. The molecule has 0 radical (unpaired) electrons. The van der Waals surface area contributed by atoms with Crippen molar-refractivity contribution in [3.8, 4) is 11.5 Å². The fourth-order valence-electron chi connectivity index (χ4n) is 5.05. The maximum absolute atomic E-state index is 16.0. The highest BCUT2D eigenvalue weighted by Crippen LogP contribution is 2.48. The number of hydrogen-bond acceptors (Lipinski definition) is 6. The molecule has 4 rings (SSSR count). The summed E-state index contributed by atoms with van der Waals surface area (Å²) in [5.41, 5.74) is 4.03. The van der Waals surface area contributed by atoms with Gasteiger partial charge in [0.1, 0.15) is 36.4 Å². The number of para-hydroxylation sites is 1. The van der Waals surface area contributed by atoms with Gasteiger partial charge in [-0.1, -0.05) is 77.4 Å². The van der Waals surface area contributed by atoms with E-state index in [1.807, 2.05) is 64.0 Å². The summed E-state index contributed by atoms with van der Waals surface area (Å²) in [6, 6.07) is 19.0. The number of nitrogens with one attached hydrogen (secondary N) is 1. The van der Waals surface area contributed by atoms with Gasteiger partial charge in [0.25, 0.3) is 0 Å². The van der Waals surface area contributed by atoms with Crippen molar-refractivity contribution in [3.63, 3.8) is 0 Å². The number of phenolic OH excluding ortho intramolecular Hbond substituents is 1. The molecule has 0 aromatic heterocycles. The van der Waals surface area contributed by atoms with Crippen LogP contribution in [0.4, 0.5) is 15.8 Å². The van der Waals surface area contributed by atoms with Crippen LogP contribution in [-0.4, -0.2) is 30.0 Å². The van der Waals surface area contributed by atoms with E-state index in [0.29, 0.717) is 35.7 Å². The van der Waals surface area contributed by atoms with Gasteiger partial charge >= 0.3 is 0 Å². The van der Waals surface area contributed by atoms with Gasteiger partial charge in [-0.05, 0) is 60.1 Å². The standard InChI is InChI=1S/C34H41FN2O3.CH4O.CH2O/c1-7-34(5,6)20-28-23(4)33(26-17-16-25(19-27(26)35)40-21-24-12-9-8-10-13-24)37(31(39)18-22(2)3)29-14-11-15-30(38)32(29)36-28;2*1-2/h8-17,19,22,33,36,38H,7,18,20-21H2,1-6H3;2H,1H3;1H2. The molecule has 1 amide bonds. The molecule has 1 aliphatic heterocycles. The maximum Gasteiger partial charge on any atom is 0.228 e. The SMILES string of the molecule is C=O.CCC(C)(C)CC1=C(C)C(c2ccc(OCc3ccccc3)cc2F)N(C(=O)CC(C)C)c2cccc(O)c2N1.CO. The smallest absolute Gasteiger partial charge is 0.228 e. The van der Waals surface area contributed by atoms with Crippen LogP contribution in [-0.2, 0) is 16.2 Å². The Labute approximate surface area is 261 Å². The van der Waals surface area contributed by atoms with Crippen LogP contribution in [0.3, 0.4) is 0 Å². The first kappa shape index (κ1) is 36.0. The van der Waals surface area contributed by atoms with E-state index in [1.165, 1.54) is 6.07 Å². The van der Waals surface area contributed by atoms with Crippen LogP contribution in [0.15, 0.2) is 78.0 Å². The normalized spacial score (nSPS) is 14.3. The molecule has 0 saturated heterocycles. The molecular weight excluding hydrogens is 559 g/mol. The molecule has 44 heavy (non-hydrogen) atoms. The lowest BCUT2D eigenvalue weighted by Crippen LogP contribution is -2.36. The molecule has 8 heteroatoms. The summed E-state index contributed by atoms with van der Waals surface area (Å²) >= 11 is 0. The van der Waals surface area contributed by atoms with Crippen LogP contribution in [0.5, 0.6) is 11.5 Å². The second kappa shape index (κ2) is 16.6. The summed E-state index contributed by atoms with van der Waals surface area (Å²) in [6.07, 6.45) is 1.89. The molecule has 238 valence electrons. The van der Waals surface area contributed by atoms with Crippen molar-refractivity contribution in [2.75, 3.05) is 17.3 Å². The topological polar surface area (TPSA) is 99.1 Å². The zero-order valence-corrected chi connectivity index (χ0v) is 27.0. The third-order valence-corrected chi connectivity index (χ3v) is 7.68. The quantitative estimate of drug-likeness (QED) is 0.213. The van der Waals surface area contributed by atoms with Gasteiger partial charge in [-0.2, -0.15) is 0 Å². The Hall–Kier alpha value is -4.17. The summed E-state index contributed by atoms with van der Waals surface area (Å²) in [5, 5.41) is 21.4. The lowest BCUT2D eigenvalue weighted by Gasteiger charge is -2.34. The number of anilines is 2. The van der Waals surface area contributed by atoms with E-state index in [-0.39, 0.29) is 29.4 Å². The van der Waals surface area contributed by atoms with Crippen LogP contribution >= 0.6 is 0 Å². The van der Waals surface area contributed by atoms with Gasteiger partial charge in [0.2, 0.25) is 5.91 Å². The number of halogens is 1. The van der Waals surface area contributed by atoms with Gasteiger partial charge in [0.05, 0.1) is 11.7 Å². The molecular formula is C36H47FN2O5. The van der Waals surface area contributed by atoms with Crippen molar-refractivity contribution in [2.45, 2.75) is 73.5 Å². The molecule has 1 aliphatic rings. The number of benzene rings is 3. The minimum Gasteiger partial charge on any atom is -0.506 e. The summed E-state index contributed by atoms with van der Waals surface area (Å²) in [6.45, 7) is 14.8. The number of allylic oxidation sites excluding steroid dienone is 1. The number of nitrogens with zero attached hydrogens (tertiary/aromatic N) is 1. The fourth-order valence-corrected chi connectivity index (χ4v) is 5.05. The summed E-state index contributed by atoms with van der Waals surface area (Å²) < 4.78 is 21.9. The molecule has 0 fully saturated rings. The molecule has 0 aliphatic carbocycles. The Morgan fingerprint density at radius 2 is 1.73 bits per heavy atom. The number of aromatic hydroxyl groups is 1. The van der Waals surface area contributed by atoms with E-state index < -0.39 is 11.9 Å². The second-order valence-corrected chi connectivity index (χ2v) is 11.9. The molecule has 3 N–H and O–H groups in total. The summed E-state index contributed by atoms with van der Waals surface area (Å²) in [4.78, 5) is 23.6. The van der Waals surface area contributed by atoms with Crippen molar-refractivity contribution in [3.05, 3.63) is 94.9 Å². The van der Waals surface area contributed by atoms with Crippen molar-refractivity contribution in [1.82, 2.24) is 0 Å². The number of aliphatic hydroxyl groups is 1. The van der Waals surface area contributed by atoms with Gasteiger partial charge < -0.3 is 25.1 Å². The van der Waals surface area contributed by atoms with Gasteiger partial charge in [-0.3, -0.25) is 9.69 Å². The van der Waals surface area contributed by atoms with E-state index in [4.69, 9.17) is 14.6 Å². The molecule has 1 atom stereocenters. The number of phenols is 1. The molecule has 7 nitrogen and oxygen atoms in total. The zero-order valence-electron chi connectivity index (χ0n) is 27.0. The first-order chi connectivity index (χ1) is 21.0. The van der Waals surface area contributed by atoms with Gasteiger partial charge in [-0.15, -0.1) is 0 Å². The molecule has 0 spiro atoms. The Bertz CT molecular complexity index is 1400. The minimum absolute atomic E-state index is 0.0465. The third-order valence-electron chi connectivity index (χ3n) is 7.68.